The summed E-state index contributed by atoms with van der Waals surface area (Å²) in [5.41, 5.74) is -0.987. The van der Waals surface area contributed by atoms with Crippen LogP contribution in [0, 0.1) is 0 Å². The van der Waals surface area contributed by atoms with Crippen LogP contribution in [0.1, 0.15) is 23.6 Å². The molecule has 2 aromatic rings. The Hall–Kier alpha value is -3.27. The summed E-state index contributed by atoms with van der Waals surface area (Å²) in [4.78, 5) is 17.0. The zero-order chi connectivity index (χ0) is 21.9. The summed E-state index contributed by atoms with van der Waals surface area (Å²) in [6.45, 7) is 1.61. The largest absolute Gasteiger partial charge is 0.416 e. The van der Waals surface area contributed by atoms with Crippen molar-refractivity contribution in [3.63, 3.8) is 0 Å². The van der Waals surface area contributed by atoms with Gasteiger partial charge in [-0.1, -0.05) is 21.8 Å². The molecule has 0 spiro atoms. The van der Waals surface area contributed by atoms with Gasteiger partial charge in [0.05, 0.1) is 17.3 Å². The van der Waals surface area contributed by atoms with Gasteiger partial charge in [-0.15, -0.1) is 0 Å². The van der Waals surface area contributed by atoms with Crippen molar-refractivity contribution in [1.82, 2.24) is 4.59 Å². The highest BCUT2D eigenvalue weighted by molar-refractivity contribution is 6.73. The van der Waals surface area contributed by atoms with E-state index in [1.165, 1.54) is 18.3 Å². The fourth-order valence-corrected chi connectivity index (χ4v) is 3.38. The fourth-order valence-electron chi connectivity index (χ4n) is 3.38. The van der Waals surface area contributed by atoms with E-state index >= 15 is 0 Å². The van der Waals surface area contributed by atoms with Crippen LogP contribution in [0.2, 0.25) is 0 Å². The van der Waals surface area contributed by atoms with Gasteiger partial charge in [0.25, 0.3) is 5.78 Å². The third-order valence-electron chi connectivity index (χ3n) is 4.91. The van der Waals surface area contributed by atoms with Crippen molar-refractivity contribution in [3.05, 3.63) is 77.1 Å². The molecule has 2 aromatic carbocycles. The third-order valence-corrected chi connectivity index (χ3v) is 4.91. The summed E-state index contributed by atoms with van der Waals surface area (Å²) >= 11 is 0. The van der Waals surface area contributed by atoms with E-state index in [1.54, 1.807) is 6.92 Å². The number of hydrogen-bond donors (Lipinski definition) is 0. The molecule has 0 saturated carbocycles. The number of allylic oxidation sites excluding steroid dienone is 1. The monoisotopic (exact) mass is 424 g/mol. The van der Waals surface area contributed by atoms with Gasteiger partial charge in [-0.25, -0.2) is 0 Å². The van der Waals surface area contributed by atoms with Gasteiger partial charge in [-0.05, 0) is 24.3 Å². The molecule has 0 aromatic heterocycles. The highest BCUT2D eigenvalue weighted by Gasteiger charge is 2.55. The van der Waals surface area contributed by atoms with Gasteiger partial charge in [0.2, 0.25) is 0 Å². The van der Waals surface area contributed by atoms with E-state index in [9.17, 15) is 31.1 Å². The molecule has 2 aliphatic rings. The Bertz CT molecular complexity index is 1130. The number of rotatable bonds is 2. The number of amidine groups is 1. The average Bonchev–Trinajstić information content (AvgIpc) is 3.17. The number of nitrogens with zero attached hydrogens (tertiary/aromatic N) is 3. The van der Waals surface area contributed by atoms with Gasteiger partial charge in [0, 0.05) is 24.6 Å². The molecule has 2 heterocycles. The lowest BCUT2D eigenvalue weighted by Gasteiger charge is -2.23. The number of carbonyl (C=O) groups is 1. The van der Waals surface area contributed by atoms with E-state index in [1.807, 2.05) is 0 Å². The van der Waals surface area contributed by atoms with Crippen molar-refractivity contribution in [1.29, 1.82) is 0 Å². The second-order valence-corrected chi connectivity index (χ2v) is 6.76. The van der Waals surface area contributed by atoms with E-state index in [0.29, 0.717) is 5.70 Å². The molecule has 30 heavy (non-hydrogen) atoms. The molecule has 0 N–H and O–H groups in total. The first-order valence-corrected chi connectivity index (χ1v) is 8.60. The van der Waals surface area contributed by atoms with Crippen LogP contribution in [0.3, 0.4) is 0 Å². The Balaban J connectivity index is 1.81. The van der Waals surface area contributed by atoms with Crippen molar-refractivity contribution in [2.75, 3.05) is 0 Å². The maximum Gasteiger partial charge on any atom is 0.416 e. The Morgan fingerprint density at radius 3 is 1.80 bits per heavy atom. The minimum Gasteiger partial charge on any atom is -0.278 e. The predicted octanol–water partition coefficient (Wildman–Crippen LogP) is 5.29. The lowest BCUT2D eigenvalue weighted by Crippen LogP contribution is -2.44. The predicted molar refractivity (Wildman–Crippen MR) is 97.4 cm³/mol. The standard InChI is InChI=1S/C20H12F6N3O/c1-11-10-27-18-17(30)16(12-2-4-13(5-3-12)19(21,22)23)28-29(11,18)15-8-6-14(7-9-15)20(24,25)26/h2-10H,1H3/q+1. The number of quaternary nitrogens is 1. The SMILES string of the molecule is CC1=CN=C2C(=O)C(c3ccc(C(F)(F)F)cc3)=N[N+]12c1ccc(C(F)(F)F)cc1. The molecule has 4 rings (SSSR count). The molecule has 10 heteroatoms. The van der Waals surface area contributed by atoms with Crippen LogP contribution in [-0.2, 0) is 17.1 Å². The number of aliphatic imine (C=N–C) groups is 1. The fraction of sp³-hybridized carbons (Fsp3) is 0.150. The number of ketones is 1. The number of alkyl halides is 6. The lowest BCUT2D eigenvalue weighted by molar-refractivity contribution is -0.138. The molecule has 0 saturated heterocycles. The van der Waals surface area contributed by atoms with E-state index in [-0.39, 0.29) is 22.8 Å². The summed E-state index contributed by atoms with van der Waals surface area (Å²) in [6, 6.07) is 8.09. The number of fused-ring (bicyclic) bond motifs is 1. The molecule has 0 bridgehead atoms. The maximum atomic E-state index is 12.9. The number of Topliss-reactive ketones (excluding diaryl/α,β-unsaturated/α-hetero) is 1. The molecule has 0 fully saturated rings. The van der Waals surface area contributed by atoms with Gasteiger partial charge in [0.15, 0.2) is 17.1 Å². The number of carbonyl (C=O) groups excluding carboxylic acids is 1. The van der Waals surface area contributed by atoms with Gasteiger partial charge in [-0.3, -0.25) is 4.79 Å². The Kier molecular flexibility index (Phi) is 4.25. The zero-order valence-corrected chi connectivity index (χ0v) is 15.2. The third kappa shape index (κ3) is 2.95. The molecule has 2 aliphatic heterocycles. The van der Waals surface area contributed by atoms with E-state index in [0.717, 1.165) is 36.4 Å². The molecular weight excluding hydrogens is 412 g/mol. The lowest BCUT2D eigenvalue weighted by atomic mass is 10.0. The highest BCUT2D eigenvalue weighted by atomic mass is 19.4. The summed E-state index contributed by atoms with van der Waals surface area (Å²) in [6.07, 6.45) is -7.67. The van der Waals surface area contributed by atoms with Crippen LogP contribution in [0.15, 0.2) is 70.5 Å². The topological polar surface area (TPSA) is 41.8 Å². The second kappa shape index (κ2) is 6.36. The molecule has 0 radical (unpaired) electrons. The minimum absolute atomic E-state index is 0.0536. The number of hydrogen-bond acceptors (Lipinski definition) is 3. The summed E-state index contributed by atoms with van der Waals surface area (Å²) < 4.78 is 76.6. The van der Waals surface area contributed by atoms with Gasteiger partial charge in [0.1, 0.15) is 0 Å². The van der Waals surface area contributed by atoms with Crippen molar-refractivity contribution < 1.29 is 31.1 Å². The van der Waals surface area contributed by atoms with Gasteiger partial charge in [-0.2, -0.15) is 31.3 Å². The first-order chi connectivity index (χ1) is 13.9. The van der Waals surface area contributed by atoms with Crippen molar-refractivity contribution in [2.45, 2.75) is 19.3 Å². The van der Waals surface area contributed by atoms with Gasteiger partial charge >= 0.3 is 18.2 Å². The van der Waals surface area contributed by atoms with Crippen LogP contribution in [0.25, 0.3) is 0 Å². The van der Waals surface area contributed by atoms with Crippen molar-refractivity contribution in [2.24, 2.45) is 10.1 Å². The van der Waals surface area contributed by atoms with Crippen molar-refractivity contribution in [3.8, 4) is 0 Å². The van der Waals surface area contributed by atoms with E-state index in [2.05, 4.69) is 10.1 Å². The molecule has 0 amide bonds. The number of halogens is 6. The van der Waals surface area contributed by atoms with Crippen LogP contribution in [-0.4, -0.2) is 17.3 Å². The second-order valence-electron chi connectivity index (χ2n) is 6.76. The first kappa shape index (κ1) is 20.0. The Morgan fingerprint density at radius 2 is 1.30 bits per heavy atom. The minimum atomic E-state index is -4.53. The van der Waals surface area contributed by atoms with E-state index in [4.69, 9.17) is 0 Å². The quantitative estimate of drug-likeness (QED) is 0.477. The van der Waals surface area contributed by atoms with Gasteiger partial charge < -0.3 is 0 Å². The smallest absolute Gasteiger partial charge is 0.278 e. The summed E-state index contributed by atoms with van der Waals surface area (Å²) in [5, 5.41) is 4.41. The van der Waals surface area contributed by atoms with E-state index < -0.39 is 33.9 Å². The average molecular weight is 424 g/mol. The summed E-state index contributed by atoms with van der Waals surface area (Å²) in [7, 11) is 0. The molecule has 1 atom stereocenters. The van der Waals surface area contributed by atoms with Crippen LogP contribution < -0.4 is 4.59 Å². The van der Waals surface area contributed by atoms with Crippen LogP contribution >= 0.6 is 0 Å². The van der Waals surface area contributed by atoms with Crippen molar-refractivity contribution >= 4 is 23.0 Å². The molecule has 154 valence electrons. The molecular formula is C20H12F6N3O+. The molecule has 1 unspecified atom stereocenters. The maximum absolute atomic E-state index is 12.9. The first-order valence-electron chi connectivity index (χ1n) is 8.60. The Morgan fingerprint density at radius 1 is 0.800 bits per heavy atom. The zero-order valence-electron chi connectivity index (χ0n) is 15.2. The number of benzene rings is 2. The van der Waals surface area contributed by atoms with Crippen LogP contribution in [0.4, 0.5) is 32.0 Å². The Labute approximate surface area is 166 Å². The van der Waals surface area contributed by atoms with Crippen LogP contribution in [0.5, 0.6) is 0 Å². The molecule has 4 nitrogen and oxygen atoms in total. The summed E-state index contributed by atoms with van der Waals surface area (Å²) in [5.74, 6) is -0.662. The normalized spacial score (nSPS) is 21.3. The molecule has 0 aliphatic carbocycles. The highest BCUT2D eigenvalue weighted by Crippen LogP contribution is 2.40.